The minimum atomic E-state index is -1.14. The van der Waals surface area contributed by atoms with Gasteiger partial charge in [-0.3, -0.25) is 9.59 Å². The van der Waals surface area contributed by atoms with E-state index in [4.69, 9.17) is 10.2 Å². The van der Waals surface area contributed by atoms with Crippen LogP contribution in [0.5, 0.6) is 0 Å². The Kier molecular flexibility index (Phi) is 2.71. The molecule has 1 aliphatic rings. The summed E-state index contributed by atoms with van der Waals surface area (Å²) in [5.74, 6) is -2.02. The first-order chi connectivity index (χ1) is 6.30. The van der Waals surface area contributed by atoms with Crippen LogP contribution in [0.2, 0.25) is 0 Å². The highest BCUT2D eigenvalue weighted by molar-refractivity contribution is 9.10. The van der Waals surface area contributed by atoms with Crippen molar-refractivity contribution in [2.75, 3.05) is 0 Å². The van der Waals surface area contributed by atoms with E-state index in [0.717, 1.165) is 0 Å². The second-order valence-electron chi connectivity index (χ2n) is 3.78. The minimum absolute atomic E-state index is 0.0567. The Labute approximate surface area is 89.7 Å². The van der Waals surface area contributed by atoms with Gasteiger partial charge in [0, 0.05) is 0 Å². The fourth-order valence-electron chi connectivity index (χ4n) is 1.53. The van der Waals surface area contributed by atoms with Crippen molar-refractivity contribution < 1.29 is 19.8 Å². The number of carboxylic acid groups (broad SMARTS) is 2. The molecule has 0 radical (unpaired) electrons. The molecule has 4 nitrogen and oxygen atoms in total. The van der Waals surface area contributed by atoms with Crippen LogP contribution >= 0.6 is 15.9 Å². The number of hydrogen-bond acceptors (Lipinski definition) is 2. The lowest BCUT2D eigenvalue weighted by Gasteiger charge is -2.33. The molecule has 78 valence electrons. The largest absolute Gasteiger partial charge is 0.481 e. The third-order valence-corrected chi connectivity index (χ3v) is 3.39. The fourth-order valence-corrected chi connectivity index (χ4v) is 2.30. The van der Waals surface area contributed by atoms with E-state index >= 15 is 0 Å². The molecule has 0 fully saturated rings. The molecule has 0 aromatic rings. The van der Waals surface area contributed by atoms with E-state index < -0.39 is 21.7 Å². The first-order valence-corrected chi connectivity index (χ1v) is 4.93. The van der Waals surface area contributed by atoms with E-state index in [1.807, 2.05) is 0 Å². The molecule has 0 aromatic heterocycles. The van der Waals surface area contributed by atoms with Gasteiger partial charge in [0.25, 0.3) is 0 Å². The molecule has 14 heavy (non-hydrogen) atoms. The summed E-state index contributed by atoms with van der Waals surface area (Å²) < 4.78 is -1.14. The van der Waals surface area contributed by atoms with Crippen LogP contribution in [0.25, 0.3) is 0 Å². The van der Waals surface area contributed by atoms with Gasteiger partial charge >= 0.3 is 11.9 Å². The second kappa shape index (κ2) is 3.38. The van der Waals surface area contributed by atoms with Crippen molar-refractivity contribution in [1.29, 1.82) is 0 Å². The third kappa shape index (κ3) is 1.82. The number of alkyl halides is 1. The molecule has 0 saturated carbocycles. The Morgan fingerprint density at radius 2 is 1.93 bits per heavy atom. The van der Waals surface area contributed by atoms with Gasteiger partial charge in [0.15, 0.2) is 0 Å². The van der Waals surface area contributed by atoms with Crippen LogP contribution in [0.15, 0.2) is 12.2 Å². The van der Waals surface area contributed by atoms with Gasteiger partial charge in [-0.2, -0.15) is 0 Å². The molecule has 5 heteroatoms. The zero-order valence-electron chi connectivity index (χ0n) is 7.66. The van der Waals surface area contributed by atoms with Crippen molar-refractivity contribution in [1.82, 2.24) is 0 Å². The Morgan fingerprint density at radius 1 is 1.36 bits per heavy atom. The highest BCUT2D eigenvalue weighted by Gasteiger charge is 2.46. The van der Waals surface area contributed by atoms with Crippen LogP contribution in [0.4, 0.5) is 0 Å². The number of aliphatic carboxylic acids is 2. The Morgan fingerprint density at radius 3 is 2.36 bits per heavy atom. The Bertz CT molecular complexity index is 312. The molecule has 0 amide bonds. The maximum absolute atomic E-state index is 10.9. The van der Waals surface area contributed by atoms with E-state index in [2.05, 4.69) is 15.9 Å². The summed E-state index contributed by atoms with van der Waals surface area (Å²) in [6.45, 7) is 1.52. The van der Waals surface area contributed by atoms with Gasteiger partial charge in [-0.15, -0.1) is 0 Å². The molecule has 0 bridgehead atoms. The van der Waals surface area contributed by atoms with Crippen LogP contribution < -0.4 is 0 Å². The molecule has 0 heterocycles. The van der Waals surface area contributed by atoms with E-state index in [1.165, 1.54) is 6.92 Å². The van der Waals surface area contributed by atoms with Gasteiger partial charge < -0.3 is 10.2 Å². The molecule has 0 spiro atoms. The standard InChI is InChI=1S/C9H11BrO4/c1-8(6(11)12)3-2-4-9(10,5-8)7(13)14/h2-3H,4-5H2,1H3,(H,11,12)(H,13,14). The molecule has 0 aromatic carbocycles. The predicted molar refractivity (Wildman–Crippen MR) is 53.4 cm³/mol. The number of hydrogen-bond donors (Lipinski definition) is 2. The van der Waals surface area contributed by atoms with Crippen molar-refractivity contribution in [2.24, 2.45) is 5.41 Å². The number of carboxylic acids is 2. The van der Waals surface area contributed by atoms with E-state index in [0.29, 0.717) is 6.42 Å². The zero-order chi connectivity index (χ0) is 11.0. The van der Waals surface area contributed by atoms with Crippen LogP contribution in [0.3, 0.4) is 0 Å². The summed E-state index contributed by atoms with van der Waals surface area (Å²) >= 11 is 3.09. The van der Waals surface area contributed by atoms with Gasteiger partial charge in [-0.05, 0) is 19.8 Å². The van der Waals surface area contributed by atoms with Crippen molar-refractivity contribution in [3.8, 4) is 0 Å². The molecule has 0 saturated heterocycles. The molecule has 0 aliphatic heterocycles. The van der Waals surface area contributed by atoms with Gasteiger partial charge in [-0.25, -0.2) is 0 Å². The number of halogens is 1. The van der Waals surface area contributed by atoms with Crippen LogP contribution in [0, 0.1) is 5.41 Å². The molecule has 1 aliphatic carbocycles. The average Bonchev–Trinajstić information content (AvgIpc) is 2.03. The predicted octanol–water partition coefficient (Wildman–Crippen LogP) is 1.65. The molecule has 1 rings (SSSR count). The second-order valence-corrected chi connectivity index (χ2v) is 5.29. The summed E-state index contributed by atoms with van der Waals surface area (Å²) in [5, 5.41) is 17.9. The summed E-state index contributed by atoms with van der Waals surface area (Å²) in [6, 6.07) is 0. The van der Waals surface area contributed by atoms with Gasteiger partial charge in [0.1, 0.15) is 4.32 Å². The normalized spacial score (nSPS) is 36.7. The molecular weight excluding hydrogens is 252 g/mol. The highest BCUT2D eigenvalue weighted by atomic mass is 79.9. The van der Waals surface area contributed by atoms with Gasteiger partial charge in [-0.1, -0.05) is 28.1 Å². The van der Waals surface area contributed by atoms with E-state index in [1.54, 1.807) is 12.2 Å². The fraction of sp³-hybridized carbons (Fsp3) is 0.556. The van der Waals surface area contributed by atoms with Crippen molar-refractivity contribution in [3.63, 3.8) is 0 Å². The lowest BCUT2D eigenvalue weighted by atomic mass is 9.75. The Balaban J connectivity index is 3.00. The maximum Gasteiger partial charge on any atom is 0.320 e. The SMILES string of the molecule is CC1(C(=O)O)C=CCC(Br)(C(=O)O)C1. The maximum atomic E-state index is 10.9. The third-order valence-electron chi connectivity index (χ3n) is 2.45. The first kappa shape index (κ1) is 11.2. The summed E-state index contributed by atoms with van der Waals surface area (Å²) in [7, 11) is 0. The van der Waals surface area contributed by atoms with Crippen molar-refractivity contribution in [3.05, 3.63) is 12.2 Å². The topological polar surface area (TPSA) is 74.6 Å². The summed E-state index contributed by atoms with van der Waals surface area (Å²) in [6.07, 6.45) is 3.52. The monoisotopic (exact) mass is 262 g/mol. The van der Waals surface area contributed by atoms with Crippen LogP contribution in [0.1, 0.15) is 19.8 Å². The van der Waals surface area contributed by atoms with Crippen LogP contribution in [-0.2, 0) is 9.59 Å². The molecular formula is C9H11BrO4. The average molecular weight is 263 g/mol. The molecule has 2 atom stereocenters. The number of allylic oxidation sites excluding steroid dienone is 1. The van der Waals surface area contributed by atoms with Crippen molar-refractivity contribution in [2.45, 2.75) is 24.1 Å². The highest BCUT2D eigenvalue weighted by Crippen LogP contribution is 2.42. The first-order valence-electron chi connectivity index (χ1n) is 4.14. The van der Waals surface area contributed by atoms with E-state index in [9.17, 15) is 9.59 Å². The number of carbonyl (C=O) groups is 2. The minimum Gasteiger partial charge on any atom is -0.481 e. The molecule has 2 N–H and O–H groups in total. The summed E-state index contributed by atoms with van der Waals surface area (Å²) in [4.78, 5) is 21.8. The lowest BCUT2D eigenvalue weighted by Crippen LogP contribution is -2.42. The summed E-state index contributed by atoms with van der Waals surface area (Å²) in [5.41, 5.74) is -1.10. The lowest BCUT2D eigenvalue weighted by molar-refractivity contribution is -0.148. The van der Waals surface area contributed by atoms with Crippen LogP contribution in [-0.4, -0.2) is 26.5 Å². The zero-order valence-corrected chi connectivity index (χ0v) is 9.24. The quantitative estimate of drug-likeness (QED) is 0.586. The van der Waals surface area contributed by atoms with E-state index in [-0.39, 0.29) is 6.42 Å². The smallest absolute Gasteiger partial charge is 0.320 e. The Hall–Kier alpha value is -0.840. The number of rotatable bonds is 2. The molecule has 2 unspecified atom stereocenters. The van der Waals surface area contributed by atoms with Gasteiger partial charge in [0.05, 0.1) is 5.41 Å². The van der Waals surface area contributed by atoms with Gasteiger partial charge in [0.2, 0.25) is 0 Å². The van der Waals surface area contributed by atoms with Crippen molar-refractivity contribution >= 4 is 27.9 Å².